The smallest absolute Gasteiger partial charge is 0.273 e. The quantitative estimate of drug-likeness (QED) is 0.653. The summed E-state index contributed by atoms with van der Waals surface area (Å²) in [5, 5.41) is 2.97. The van der Waals surface area contributed by atoms with Gasteiger partial charge in [-0.1, -0.05) is 33.8 Å². The van der Waals surface area contributed by atoms with Crippen molar-refractivity contribution < 1.29 is 9.59 Å². The Hall–Kier alpha value is -1.73. The molecule has 0 bridgehead atoms. The van der Waals surface area contributed by atoms with E-state index in [9.17, 15) is 9.59 Å². The molecule has 2 saturated heterocycles. The minimum Gasteiger partial charge on any atom is -0.342 e. The Morgan fingerprint density at radius 1 is 1.06 bits per heavy atom. The lowest BCUT2D eigenvalue weighted by atomic mass is 9.96. The van der Waals surface area contributed by atoms with Crippen LogP contribution in [0, 0.1) is 16.7 Å². The Balaban J connectivity index is 1.30. The molecule has 2 aliphatic heterocycles. The molecule has 0 N–H and O–H groups in total. The lowest BCUT2D eigenvalue weighted by Crippen LogP contribution is -2.48. The van der Waals surface area contributed by atoms with Crippen molar-refractivity contribution in [2.24, 2.45) is 16.7 Å². The number of thiazole rings is 1. The van der Waals surface area contributed by atoms with Gasteiger partial charge in [0, 0.05) is 63.0 Å². The van der Waals surface area contributed by atoms with Gasteiger partial charge in [-0.25, -0.2) is 4.98 Å². The van der Waals surface area contributed by atoms with Crippen LogP contribution in [0.3, 0.4) is 0 Å². The number of carbonyl (C=O) groups excluding carboxylic acids is 2. The molecular weight excluding hydrogens is 408 g/mol. The van der Waals surface area contributed by atoms with E-state index in [0.717, 1.165) is 63.7 Å². The van der Waals surface area contributed by atoms with E-state index in [0.29, 0.717) is 17.5 Å². The van der Waals surface area contributed by atoms with E-state index in [1.165, 1.54) is 0 Å². The van der Waals surface area contributed by atoms with Crippen LogP contribution in [0.5, 0.6) is 0 Å². The van der Waals surface area contributed by atoms with Crippen molar-refractivity contribution in [3.8, 4) is 0 Å². The van der Waals surface area contributed by atoms with Crippen LogP contribution in [-0.4, -0.2) is 77.3 Å². The zero-order chi connectivity index (χ0) is 22.4. The van der Waals surface area contributed by atoms with E-state index in [-0.39, 0.29) is 22.7 Å². The molecule has 31 heavy (non-hydrogen) atoms. The van der Waals surface area contributed by atoms with E-state index in [2.05, 4.69) is 44.1 Å². The number of piperazine rings is 1. The fourth-order valence-corrected chi connectivity index (χ4v) is 6.36. The highest BCUT2D eigenvalue weighted by atomic mass is 32.1. The third-order valence-electron chi connectivity index (χ3n) is 8.21. The Morgan fingerprint density at radius 3 is 2.23 bits per heavy atom. The van der Waals surface area contributed by atoms with Crippen LogP contribution in [-0.2, 0) is 4.79 Å². The number of hydrogen-bond donors (Lipinski definition) is 0. The summed E-state index contributed by atoms with van der Waals surface area (Å²) in [6.45, 7) is 18.3. The second-order valence-electron chi connectivity index (χ2n) is 10.4. The zero-order valence-electron chi connectivity index (χ0n) is 19.4. The molecule has 0 spiro atoms. The normalized spacial score (nSPS) is 24.3. The van der Waals surface area contributed by atoms with Crippen molar-refractivity contribution in [2.45, 2.75) is 46.5 Å². The summed E-state index contributed by atoms with van der Waals surface area (Å²) in [7, 11) is 0. The van der Waals surface area contributed by atoms with Gasteiger partial charge in [0.2, 0.25) is 5.91 Å². The van der Waals surface area contributed by atoms with E-state index in [1.54, 1.807) is 11.3 Å². The number of carbonyl (C=O) groups is 2. The first kappa shape index (κ1) is 22.5. The number of nitrogens with zero attached hydrogens (tertiary/aromatic N) is 4. The maximum atomic E-state index is 13.0. The highest BCUT2D eigenvalue weighted by molar-refractivity contribution is 7.09. The molecule has 3 heterocycles. The molecule has 1 aromatic rings. The minimum absolute atomic E-state index is 0.0477. The summed E-state index contributed by atoms with van der Waals surface area (Å²) >= 11 is 1.60. The third-order valence-corrected chi connectivity index (χ3v) is 9.22. The summed E-state index contributed by atoms with van der Waals surface area (Å²) in [5.74, 6) is 0.846. The second kappa shape index (κ2) is 8.32. The zero-order valence-corrected chi connectivity index (χ0v) is 20.2. The maximum absolute atomic E-state index is 13.0. The van der Waals surface area contributed by atoms with E-state index in [4.69, 9.17) is 4.98 Å². The monoisotopic (exact) mass is 444 g/mol. The van der Waals surface area contributed by atoms with Gasteiger partial charge < -0.3 is 9.80 Å². The second-order valence-corrected chi connectivity index (χ2v) is 11.3. The molecule has 4 rings (SSSR count). The molecule has 0 atom stereocenters. The van der Waals surface area contributed by atoms with Crippen molar-refractivity contribution in [2.75, 3.05) is 45.8 Å². The van der Waals surface area contributed by atoms with Gasteiger partial charge in [-0.2, -0.15) is 0 Å². The number of hydrogen-bond acceptors (Lipinski definition) is 5. The summed E-state index contributed by atoms with van der Waals surface area (Å²) in [4.78, 5) is 36.9. The molecule has 0 aromatic carbocycles. The average molecular weight is 445 g/mol. The number of aromatic nitrogens is 1. The predicted octanol–water partition coefficient (Wildman–Crippen LogP) is 3.48. The van der Waals surface area contributed by atoms with Gasteiger partial charge in [-0.3, -0.25) is 14.5 Å². The molecule has 0 radical (unpaired) electrons. The molecule has 2 amide bonds. The number of amides is 2. The highest BCUT2D eigenvalue weighted by Gasteiger charge is 2.68. The summed E-state index contributed by atoms with van der Waals surface area (Å²) < 4.78 is 0. The minimum atomic E-state index is 0.0477. The lowest BCUT2D eigenvalue weighted by molar-refractivity contribution is -0.134. The molecule has 1 aliphatic carbocycles. The predicted molar refractivity (Wildman–Crippen MR) is 124 cm³/mol. The first-order chi connectivity index (χ1) is 14.7. The highest BCUT2D eigenvalue weighted by Crippen LogP contribution is 2.68. The van der Waals surface area contributed by atoms with Crippen LogP contribution in [0.2, 0.25) is 0 Å². The Kier molecular flexibility index (Phi) is 6.03. The van der Waals surface area contributed by atoms with Crippen LogP contribution in [0.4, 0.5) is 0 Å². The van der Waals surface area contributed by atoms with Gasteiger partial charge in [0.05, 0.1) is 5.01 Å². The molecule has 1 aromatic heterocycles. The standard InChI is InChI=1S/C24H36N4O2S/c1-6-9-26-12-14-28(15-13-26)21(29)18-16-31-20(25-18)17-7-10-27(11-8-17)22(30)19-23(2,3)24(19,4)5/h6,16-17,19H,1,7-15H2,2-5H3. The van der Waals surface area contributed by atoms with Gasteiger partial charge in [-0.05, 0) is 23.7 Å². The van der Waals surface area contributed by atoms with Crippen molar-refractivity contribution in [3.63, 3.8) is 0 Å². The van der Waals surface area contributed by atoms with E-state index in [1.807, 2.05) is 16.4 Å². The number of likely N-dealkylation sites (tertiary alicyclic amines) is 1. The van der Waals surface area contributed by atoms with Gasteiger partial charge in [0.25, 0.3) is 5.91 Å². The van der Waals surface area contributed by atoms with Crippen molar-refractivity contribution in [1.29, 1.82) is 0 Å². The van der Waals surface area contributed by atoms with Crippen LogP contribution in [0.15, 0.2) is 18.0 Å². The number of rotatable bonds is 5. The molecule has 7 heteroatoms. The van der Waals surface area contributed by atoms with Crippen LogP contribution in [0.1, 0.15) is 62.0 Å². The Morgan fingerprint density at radius 2 is 1.68 bits per heavy atom. The molecule has 6 nitrogen and oxygen atoms in total. The van der Waals surface area contributed by atoms with Crippen molar-refractivity contribution in [3.05, 3.63) is 28.7 Å². The van der Waals surface area contributed by atoms with Crippen molar-refractivity contribution >= 4 is 23.2 Å². The van der Waals surface area contributed by atoms with E-state index < -0.39 is 0 Å². The summed E-state index contributed by atoms with van der Waals surface area (Å²) in [6, 6.07) is 0. The van der Waals surface area contributed by atoms with Gasteiger partial charge in [0.15, 0.2) is 0 Å². The molecule has 0 unspecified atom stereocenters. The van der Waals surface area contributed by atoms with Crippen LogP contribution < -0.4 is 0 Å². The molecule has 3 fully saturated rings. The fourth-order valence-electron chi connectivity index (χ4n) is 5.39. The molecule has 170 valence electrons. The van der Waals surface area contributed by atoms with E-state index >= 15 is 0 Å². The first-order valence-corrected chi connectivity index (χ1v) is 12.4. The Labute approximate surface area is 190 Å². The van der Waals surface area contributed by atoms with Gasteiger partial charge in [0.1, 0.15) is 5.69 Å². The SMILES string of the molecule is C=CCN1CCN(C(=O)c2csc(C3CCN(C(=O)C4C(C)(C)C4(C)C)CC3)n2)CC1. The maximum Gasteiger partial charge on any atom is 0.273 e. The lowest BCUT2D eigenvalue weighted by Gasteiger charge is -2.33. The Bertz CT molecular complexity index is 832. The third kappa shape index (κ3) is 4.07. The summed E-state index contributed by atoms with van der Waals surface area (Å²) in [5.41, 5.74) is 0.753. The molecular formula is C24H36N4O2S. The molecule has 3 aliphatic rings. The van der Waals surface area contributed by atoms with Crippen LogP contribution in [0.25, 0.3) is 0 Å². The fraction of sp³-hybridized carbons (Fsp3) is 0.708. The number of piperidine rings is 1. The first-order valence-electron chi connectivity index (χ1n) is 11.5. The van der Waals surface area contributed by atoms with Gasteiger partial charge in [-0.15, -0.1) is 17.9 Å². The average Bonchev–Trinajstić information content (AvgIpc) is 3.08. The topological polar surface area (TPSA) is 56.8 Å². The summed E-state index contributed by atoms with van der Waals surface area (Å²) in [6.07, 6.45) is 3.77. The van der Waals surface area contributed by atoms with Gasteiger partial charge >= 0.3 is 0 Å². The van der Waals surface area contributed by atoms with Crippen molar-refractivity contribution in [1.82, 2.24) is 19.7 Å². The molecule has 1 saturated carbocycles. The van der Waals surface area contributed by atoms with Crippen LogP contribution >= 0.6 is 11.3 Å². The largest absolute Gasteiger partial charge is 0.342 e.